The van der Waals surface area contributed by atoms with E-state index in [1.807, 2.05) is 24.3 Å². The first-order valence-corrected chi connectivity index (χ1v) is 18.0. The van der Waals surface area contributed by atoms with E-state index in [9.17, 15) is 0 Å². The zero-order valence-electron chi connectivity index (χ0n) is 28.7. The minimum absolute atomic E-state index is 0.843. The van der Waals surface area contributed by atoms with E-state index in [-0.39, 0.29) is 0 Å². The summed E-state index contributed by atoms with van der Waals surface area (Å²) in [7, 11) is 0. The lowest BCUT2D eigenvalue weighted by Gasteiger charge is -2.29. The molecule has 0 aliphatic carbocycles. The van der Waals surface area contributed by atoms with Gasteiger partial charge in [0.05, 0.1) is 5.69 Å². The molecule has 0 radical (unpaired) electrons. The summed E-state index contributed by atoms with van der Waals surface area (Å²) in [6.07, 6.45) is 0. The monoisotopic (exact) mass is 677 g/mol. The maximum absolute atomic E-state index is 6.48. The second-order valence-electron chi connectivity index (χ2n) is 13.7. The molecule has 248 valence electrons. The number of fused-ring (bicyclic) bond motifs is 8. The fourth-order valence-corrected chi connectivity index (χ4v) is 8.19. The zero-order chi connectivity index (χ0) is 34.9. The van der Waals surface area contributed by atoms with Crippen LogP contribution in [0.1, 0.15) is 0 Å². The van der Waals surface area contributed by atoms with Crippen LogP contribution in [0, 0.1) is 0 Å². The van der Waals surface area contributed by atoms with E-state index in [2.05, 4.69) is 169 Å². The van der Waals surface area contributed by atoms with Crippen molar-refractivity contribution in [1.29, 1.82) is 0 Å². The molecule has 0 fully saturated rings. The molecule has 11 aromatic rings. The van der Waals surface area contributed by atoms with E-state index >= 15 is 0 Å². The third-order valence-electron chi connectivity index (χ3n) is 10.6. The number of furan rings is 2. The summed E-state index contributed by atoms with van der Waals surface area (Å²) in [5, 5.41) is 9.24. The van der Waals surface area contributed by atoms with Crippen LogP contribution in [0.25, 0.3) is 87.7 Å². The van der Waals surface area contributed by atoms with Crippen LogP contribution in [0.2, 0.25) is 0 Å². The summed E-state index contributed by atoms with van der Waals surface area (Å²) in [6.45, 7) is 0. The largest absolute Gasteiger partial charge is 0.456 e. The van der Waals surface area contributed by atoms with E-state index in [0.29, 0.717) is 0 Å². The molecule has 3 nitrogen and oxygen atoms in total. The number of rotatable bonds is 5. The normalized spacial score (nSPS) is 11.8. The smallest absolute Gasteiger partial charge is 0.137 e. The van der Waals surface area contributed by atoms with E-state index in [1.54, 1.807) is 0 Å². The molecular formula is C50H31NO2. The molecule has 3 heteroatoms. The van der Waals surface area contributed by atoms with Gasteiger partial charge in [-0.05, 0) is 86.8 Å². The molecule has 0 amide bonds. The van der Waals surface area contributed by atoms with Crippen molar-refractivity contribution in [1.82, 2.24) is 0 Å². The number of anilines is 3. The number of benzene rings is 9. The lowest BCUT2D eigenvalue weighted by molar-refractivity contribution is 0.669. The molecule has 9 aromatic carbocycles. The molecule has 2 aromatic heterocycles. The van der Waals surface area contributed by atoms with Gasteiger partial charge in [-0.15, -0.1) is 0 Å². The Labute approximate surface area is 305 Å². The average molecular weight is 678 g/mol. The molecule has 0 N–H and O–H groups in total. The lowest BCUT2D eigenvalue weighted by Crippen LogP contribution is -2.11. The first-order chi connectivity index (χ1) is 26.3. The molecule has 0 saturated heterocycles. The predicted molar refractivity (Wildman–Crippen MR) is 222 cm³/mol. The van der Waals surface area contributed by atoms with Crippen molar-refractivity contribution in [3.05, 3.63) is 188 Å². The molecular weight excluding hydrogens is 647 g/mol. The van der Waals surface area contributed by atoms with Crippen LogP contribution in [-0.2, 0) is 0 Å². The Kier molecular flexibility index (Phi) is 6.55. The molecule has 11 rings (SSSR count). The molecule has 0 atom stereocenters. The van der Waals surface area contributed by atoms with Crippen LogP contribution in [0.4, 0.5) is 17.1 Å². The summed E-state index contributed by atoms with van der Waals surface area (Å²) in [5.41, 5.74) is 11.1. The Hall–Kier alpha value is -7.10. The van der Waals surface area contributed by atoms with Crippen molar-refractivity contribution in [2.75, 3.05) is 4.90 Å². The molecule has 0 aliphatic heterocycles. The van der Waals surface area contributed by atoms with Crippen LogP contribution < -0.4 is 4.90 Å². The van der Waals surface area contributed by atoms with Crippen LogP contribution in [0.15, 0.2) is 197 Å². The molecule has 0 spiro atoms. The molecule has 0 aliphatic rings. The minimum atomic E-state index is 0.843. The lowest BCUT2D eigenvalue weighted by atomic mass is 9.89. The summed E-state index contributed by atoms with van der Waals surface area (Å²) < 4.78 is 13.0. The van der Waals surface area contributed by atoms with Gasteiger partial charge in [0.25, 0.3) is 0 Å². The first-order valence-electron chi connectivity index (χ1n) is 18.0. The van der Waals surface area contributed by atoms with Crippen molar-refractivity contribution in [2.24, 2.45) is 0 Å². The second-order valence-corrected chi connectivity index (χ2v) is 13.7. The topological polar surface area (TPSA) is 29.5 Å². The predicted octanol–water partition coefficient (Wildman–Crippen LogP) is 14.6. The van der Waals surface area contributed by atoms with Gasteiger partial charge in [-0.2, -0.15) is 0 Å². The standard InChI is InChI=1S/C50H31NO2/c1-2-13-34-29-35(24-23-32(34)11-1)50-44(39-18-9-14-33-12-3-4-15-38(33)39)19-10-20-45(50)51(36-25-27-42-40-16-5-7-21-46(40)52-48(42)30-36)37-26-28-43-41-17-6-8-22-47(41)53-49(43)31-37/h1-31H. The van der Waals surface area contributed by atoms with Gasteiger partial charge in [0.1, 0.15) is 22.3 Å². The summed E-state index contributed by atoms with van der Waals surface area (Å²) in [5.74, 6) is 0. The van der Waals surface area contributed by atoms with Gasteiger partial charge in [0.2, 0.25) is 0 Å². The van der Waals surface area contributed by atoms with Gasteiger partial charge in [-0.25, -0.2) is 0 Å². The molecule has 53 heavy (non-hydrogen) atoms. The maximum atomic E-state index is 6.48. The fraction of sp³-hybridized carbons (Fsp3) is 0. The van der Waals surface area contributed by atoms with Crippen molar-refractivity contribution >= 4 is 82.5 Å². The minimum Gasteiger partial charge on any atom is -0.456 e. The van der Waals surface area contributed by atoms with Gasteiger partial charge < -0.3 is 13.7 Å². The van der Waals surface area contributed by atoms with Gasteiger partial charge in [0, 0.05) is 50.6 Å². The van der Waals surface area contributed by atoms with Crippen LogP contribution in [-0.4, -0.2) is 0 Å². The molecule has 0 unspecified atom stereocenters. The number of nitrogens with zero attached hydrogens (tertiary/aromatic N) is 1. The van der Waals surface area contributed by atoms with Crippen LogP contribution in [0.5, 0.6) is 0 Å². The Morgan fingerprint density at radius 1 is 0.321 bits per heavy atom. The molecule has 2 heterocycles. The Morgan fingerprint density at radius 3 is 1.55 bits per heavy atom. The summed E-state index contributed by atoms with van der Waals surface area (Å²) >= 11 is 0. The van der Waals surface area contributed by atoms with Crippen molar-refractivity contribution in [2.45, 2.75) is 0 Å². The Morgan fingerprint density at radius 2 is 0.849 bits per heavy atom. The fourth-order valence-electron chi connectivity index (χ4n) is 8.19. The van der Waals surface area contributed by atoms with Gasteiger partial charge in [0.15, 0.2) is 0 Å². The van der Waals surface area contributed by atoms with Gasteiger partial charge >= 0.3 is 0 Å². The average Bonchev–Trinajstić information content (AvgIpc) is 3.78. The van der Waals surface area contributed by atoms with Crippen LogP contribution in [0.3, 0.4) is 0 Å². The molecule has 0 saturated carbocycles. The quantitative estimate of drug-likeness (QED) is 0.182. The zero-order valence-corrected chi connectivity index (χ0v) is 28.7. The maximum Gasteiger partial charge on any atom is 0.137 e. The van der Waals surface area contributed by atoms with Gasteiger partial charge in [-0.3, -0.25) is 0 Å². The molecule has 0 bridgehead atoms. The van der Waals surface area contributed by atoms with Crippen molar-refractivity contribution in [3.63, 3.8) is 0 Å². The highest BCUT2D eigenvalue weighted by molar-refractivity contribution is 6.10. The summed E-state index contributed by atoms with van der Waals surface area (Å²) in [4.78, 5) is 2.36. The highest BCUT2D eigenvalue weighted by atomic mass is 16.3. The SMILES string of the molecule is c1cc(-c2cccc3ccccc23)c(-c2ccc3ccccc3c2)c(N(c2ccc3c(c2)oc2ccccc23)c2ccc3c(c2)oc2ccccc23)c1. The van der Waals surface area contributed by atoms with E-state index in [1.165, 1.54) is 27.1 Å². The van der Waals surface area contributed by atoms with Crippen LogP contribution >= 0.6 is 0 Å². The summed E-state index contributed by atoms with van der Waals surface area (Å²) in [6, 6.07) is 67.0. The number of hydrogen-bond acceptors (Lipinski definition) is 3. The number of para-hydroxylation sites is 2. The van der Waals surface area contributed by atoms with Crippen molar-refractivity contribution in [3.8, 4) is 22.3 Å². The Bertz CT molecular complexity index is 3080. The first kappa shape index (κ1) is 29.6. The third-order valence-corrected chi connectivity index (χ3v) is 10.6. The highest BCUT2D eigenvalue weighted by Crippen LogP contribution is 2.48. The van der Waals surface area contributed by atoms with E-state index < -0.39 is 0 Å². The van der Waals surface area contributed by atoms with Crippen molar-refractivity contribution < 1.29 is 8.83 Å². The van der Waals surface area contributed by atoms with E-state index in [0.717, 1.165) is 77.6 Å². The highest BCUT2D eigenvalue weighted by Gasteiger charge is 2.23. The second kappa shape index (κ2) is 11.7. The Balaban J connectivity index is 1.23. The van der Waals surface area contributed by atoms with E-state index in [4.69, 9.17) is 8.83 Å². The third kappa shape index (κ3) is 4.75. The van der Waals surface area contributed by atoms with Gasteiger partial charge in [-0.1, -0.05) is 127 Å². The number of hydrogen-bond donors (Lipinski definition) is 0.